The number of hydrogen-bond donors (Lipinski definition) is 0. The van der Waals surface area contributed by atoms with Gasteiger partial charge in [0.1, 0.15) is 11.2 Å². The molecule has 0 bridgehead atoms. The summed E-state index contributed by atoms with van der Waals surface area (Å²) in [5.74, 6) is 1.82. The maximum Gasteiger partial charge on any atom is 0.164 e. The summed E-state index contributed by atoms with van der Waals surface area (Å²) in [6.07, 6.45) is 0. The molecule has 2 heterocycles. The SMILES string of the molecule is c1ccc(-c2ccc3cccc(-c4nc(-c5ccccc5)nc(-c5ccc6c(c5)oc5cccc(-c7ccc(-c8cccc9ccccc89)cc7)c56)n4)c3c2)cc1. The lowest BCUT2D eigenvalue weighted by molar-refractivity contribution is 0.669. The van der Waals surface area contributed by atoms with E-state index in [9.17, 15) is 0 Å². The zero-order valence-electron chi connectivity index (χ0n) is 30.8. The fraction of sp³-hybridized carbons (Fsp3) is 0. The van der Waals surface area contributed by atoms with Crippen molar-refractivity contribution in [1.82, 2.24) is 15.0 Å². The first-order valence-corrected chi connectivity index (χ1v) is 19.2. The summed E-state index contributed by atoms with van der Waals surface area (Å²) in [5.41, 5.74) is 11.3. The van der Waals surface area contributed by atoms with Crippen molar-refractivity contribution in [1.29, 1.82) is 0 Å². The molecular weight excluding hydrogens is 695 g/mol. The van der Waals surface area contributed by atoms with Crippen LogP contribution in [0.15, 0.2) is 205 Å². The van der Waals surface area contributed by atoms with E-state index in [0.29, 0.717) is 17.5 Å². The second-order valence-corrected chi connectivity index (χ2v) is 14.4. The predicted molar refractivity (Wildman–Crippen MR) is 235 cm³/mol. The Morgan fingerprint density at radius 1 is 0.281 bits per heavy atom. The van der Waals surface area contributed by atoms with Crippen LogP contribution in [0.3, 0.4) is 0 Å². The molecule has 0 spiro atoms. The van der Waals surface area contributed by atoms with Crippen LogP contribution in [-0.4, -0.2) is 15.0 Å². The normalized spacial score (nSPS) is 11.5. The molecule has 9 aromatic carbocycles. The standard InChI is InChI=1S/C53H33N3O/c1-3-12-34(13-4-1)40-29-28-36-18-10-22-45(47(36)32-40)53-55-51(39-15-5-2-6-16-39)54-52(56-53)41-30-31-46-49(33-41)57-48-23-11-21-44(50(46)48)38-26-24-37(25-27-38)43-20-9-17-35-14-7-8-19-42(35)43/h1-33H. The van der Waals surface area contributed by atoms with Crippen molar-refractivity contribution in [3.63, 3.8) is 0 Å². The highest BCUT2D eigenvalue weighted by atomic mass is 16.3. The highest BCUT2D eigenvalue weighted by Crippen LogP contribution is 2.40. The van der Waals surface area contributed by atoms with Crippen LogP contribution in [-0.2, 0) is 0 Å². The summed E-state index contributed by atoms with van der Waals surface area (Å²) in [6.45, 7) is 0. The van der Waals surface area contributed by atoms with E-state index in [2.05, 4.69) is 158 Å². The highest BCUT2D eigenvalue weighted by Gasteiger charge is 2.18. The molecule has 0 amide bonds. The molecule has 0 radical (unpaired) electrons. The van der Waals surface area contributed by atoms with Gasteiger partial charge >= 0.3 is 0 Å². The van der Waals surface area contributed by atoms with Crippen LogP contribution in [0.2, 0.25) is 0 Å². The second kappa shape index (κ2) is 13.6. The van der Waals surface area contributed by atoms with Gasteiger partial charge in [0, 0.05) is 27.5 Å². The first-order valence-electron chi connectivity index (χ1n) is 19.2. The summed E-state index contributed by atoms with van der Waals surface area (Å²) >= 11 is 0. The van der Waals surface area contributed by atoms with Gasteiger partial charge in [0.25, 0.3) is 0 Å². The molecule has 4 nitrogen and oxygen atoms in total. The van der Waals surface area contributed by atoms with Gasteiger partial charge in [-0.15, -0.1) is 0 Å². The van der Waals surface area contributed by atoms with Gasteiger partial charge in [-0.25, -0.2) is 15.0 Å². The molecule has 266 valence electrons. The molecule has 2 aromatic heterocycles. The Kier molecular flexibility index (Phi) is 7.78. The van der Waals surface area contributed by atoms with Crippen LogP contribution < -0.4 is 0 Å². The number of hydrogen-bond acceptors (Lipinski definition) is 4. The Morgan fingerprint density at radius 2 is 0.842 bits per heavy atom. The van der Waals surface area contributed by atoms with Gasteiger partial charge in [-0.05, 0) is 79.2 Å². The van der Waals surface area contributed by atoms with Crippen molar-refractivity contribution in [3.05, 3.63) is 200 Å². The number of furan rings is 1. The lowest BCUT2D eigenvalue weighted by Gasteiger charge is -2.11. The lowest BCUT2D eigenvalue weighted by Crippen LogP contribution is -2.00. The number of nitrogens with zero attached hydrogens (tertiary/aromatic N) is 3. The van der Waals surface area contributed by atoms with E-state index in [1.165, 1.54) is 21.9 Å². The maximum absolute atomic E-state index is 6.59. The number of benzene rings is 9. The van der Waals surface area contributed by atoms with E-state index in [0.717, 1.165) is 71.7 Å². The molecule has 57 heavy (non-hydrogen) atoms. The molecule has 0 aliphatic carbocycles. The van der Waals surface area contributed by atoms with E-state index in [1.54, 1.807) is 0 Å². The van der Waals surface area contributed by atoms with Gasteiger partial charge < -0.3 is 4.42 Å². The van der Waals surface area contributed by atoms with Gasteiger partial charge in [-0.3, -0.25) is 0 Å². The summed E-state index contributed by atoms with van der Waals surface area (Å²) in [5, 5.41) is 6.83. The molecule has 11 rings (SSSR count). The highest BCUT2D eigenvalue weighted by molar-refractivity contribution is 6.13. The molecule has 4 heteroatoms. The summed E-state index contributed by atoms with van der Waals surface area (Å²) in [7, 11) is 0. The molecule has 11 aromatic rings. The first kappa shape index (κ1) is 32.7. The molecule has 0 N–H and O–H groups in total. The van der Waals surface area contributed by atoms with Crippen LogP contribution in [0.1, 0.15) is 0 Å². The maximum atomic E-state index is 6.59. The molecule has 0 saturated heterocycles. The Morgan fingerprint density at radius 3 is 1.63 bits per heavy atom. The minimum Gasteiger partial charge on any atom is -0.456 e. The van der Waals surface area contributed by atoms with Crippen LogP contribution in [0.25, 0.3) is 111 Å². The number of aromatic nitrogens is 3. The first-order chi connectivity index (χ1) is 28.2. The zero-order chi connectivity index (χ0) is 37.7. The summed E-state index contributed by atoms with van der Waals surface area (Å²) < 4.78 is 6.59. The molecule has 0 aliphatic rings. The quantitative estimate of drug-likeness (QED) is 0.171. The Balaban J connectivity index is 1.02. The zero-order valence-corrected chi connectivity index (χ0v) is 30.8. The lowest BCUT2D eigenvalue weighted by atomic mass is 9.94. The molecule has 0 atom stereocenters. The van der Waals surface area contributed by atoms with Crippen LogP contribution in [0, 0.1) is 0 Å². The summed E-state index contributed by atoms with van der Waals surface area (Å²) in [4.78, 5) is 15.3. The van der Waals surface area contributed by atoms with Crippen molar-refractivity contribution in [3.8, 4) is 67.5 Å². The van der Waals surface area contributed by atoms with E-state index < -0.39 is 0 Å². The largest absolute Gasteiger partial charge is 0.456 e. The van der Waals surface area contributed by atoms with E-state index in [-0.39, 0.29) is 0 Å². The minimum absolute atomic E-state index is 0.585. The fourth-order valence-electron chi connectivity index (χ4n) is 8.13. The Hall–Kier alpha value is -7.69. The third kappa shape index (κ3) is 5.83. The monoisotopic (exact) mass is 727 g/mol. The summed E-state index contributed by atoms with van der Waals surface area (Å²) in [6, 6.07) is 69.9. The average Bonchev–Trinajstić information content (AvgIpc) is 3.67. The van der Waals surface area contributed by atoms with Gasteiger partial charge in [0.15, 0.2) is 17.5 Å². The average molecular weight is 728 g/mol. The molecule has 0 saturated carbocycles. The van der Waals surface area contributed by atoms with Gasteiger partial charge in [-0.2, -0.15) is 0 Å². The topological polar surface area (TPSA) is 51.8 Å². The predicted octanol–water partition coefficient (Wildman–Crippen LogP) is 14.1. The molecule has 0 aliphatic heterocycles. The number of rotatable bonds is 6. The smallest absolute Gasteiger partial charge is 0.164 e. The molecule has 0 unspecified atom stereocenters. The van der Waals surface area contributed by atoms with Crippen molar-refractivity contribution in [2.75, 3.05) is 0 Å². The van der Waals surface area contributed by atoms with Crippen LogP contribution >= 0.6 is 0 Å². The second-order valence-electron chi connectivity index (χ2n) is 14.4. The fourth-order valence-corrected chi connectivity index (χ4v) is 8.13. The van der Waals surface area contributed by atoms with Crippen molar-refractivity contribution in [2.45, 2.75) is 0 Å². The molecule has 0 fully saturated rings. The van der Waals surface area contributed by atoms with Gasteiger partial charge in [0.2, 0.25) is 0 Å². The van der Waals surface area contributed by atoms with Gasteiger partial charge in [0.05, 0.1) is 0 Å². The van der Waals surface area contributed by atoms with Crippen LogP contribution in [0.4, 0.5) is 0 Å². The van der Waals surface area contributed by atoms with Gasteiger partial charge in [-0.1, -0.05) is 176 Å². The van der Waals surface area contributed by atoms with E-state index in [4.69, 9.17) is 19.4 Å². The number of fused-ring (bicyclic) bond motifs is 5. The third-order valence-corrected chi connectivity index (χ3v) is 10.9. The van der Waals surface area contributed by atoms with E-state index in [1.807, 2.05) is 42.5 Å². The Labute approximate surface area is 329 Å². The van der Waals surface area contributed by atoms with Crippen molar-refractivity contribution >= 4 is 43.5 Å². The molecular formula is C53H33N3O. The minimum atomic E-state index is 0.585. The van der Waals surface area contributed by atoms with Crippen molar-refractivity contribution < 1.29 is 4.42 Å². The van der Waals surface area contributed by atoms with Crippen LogP contribution in [0.5, 0.6) is 0 Å². The van der Waals surface area contributed by atoms with E-state index >= 15 is 0 Å². The third-order valence-electron chi connectivity index (χ3n) is 10.9. The van der Waals surface area contributed by atoms with Crippen molar-refractivity contribution in [2.24, 2.45) is 0 Å². The Bertz CT molecular complexity index is 3270.